The number of benzene rings is 1. The molecule has 104 valence electrons. The van der Waals surface area contributed by atoms with E-state index in [1.165, 1.54) is 11.3 Å². The predicted molar refractivity (Wildman–Crippen MR) is 79.8 cm³/mol. The smallest absolute Gasteiger partial charge is 0.261 e. The van der Waals surface area contributed by atoms with Crippen molar-refractivity contribution in [2.75, 3.05) is 5.32 Å². The minimum atomic E-state index is -0.169. The highest BCUT2D eigenvalue weighted by Gasteiger charge is 2.31. The largest absolute Gasteiger partial charge is 0.489 e. The summed E-state index contributed by atoms with van der Waals surface area (Å²) in [7, 11) is 0. The second-order valence-corrected chi connectivity index (χ2v) is 5.94. The number of anilines is 1. The van der Waals surface area contributed by atoms with Gasteiger partial charge < -0.3 is 4.74 Å². The van der Waals surface area contributed by atoms with Crippen LogP contribution in [0.15, 0.2) is 23.6 Å². The monoisotopic (exact) mass is 288 g/mol. The molecule has 2 aromatic rings. The molecule has 2 heterocycles. The summed E-state index contributed by atoms with van der Waals surface area (Å²) in [6, 6.07) is 5.71. The van der Waals surface area contributed by atoms with Crippen LogP contribution in [-0.2, 0) is 0 Å². The number of aryl methyl sites for hydroxylation is 1. The van der Waals surface area contributed by atoms with Crippen molar-refractivity contribution in [1.29, 1.82) is 0 Å². The molecule has 1 aromatic carbocycles. The third-order valence-electron chi connectivity index (χ3n) is 3.63. The molecule has 0 fully saturated rings. The molecular formula is C15H16N2O2S. The quantitative estimate of drug-likeness (QED) is 0.918. The topological polar surface area (TPSA) is 51.2 Å². The zero-order valence-electron chi connectivity index (χ0n) is 11.6. The van der Waals surface area contributed by atoms with Crippen molar-refractivity contribution < 1.29 is 9.53 Å². The van der Waals surface area contributed by atoms with Gasteiger partial charge in [-0.25, -0.2) is 4.98 Å². The number of hydrogen-bond donors (Lipinski definition) is 1. The summed E-state index contributed by atoms with van der Waals surface area (Å²) in [6.45, 7) is 6.04. The number of nitrogens with one attached hydrogen (secondary N) is 1. The maximum atomic E-state index is 12.4. The standard InChI is InChI=1S/C15H16N2O2S/c1-8-7-20-15(16-8)17-14(18)12-6-4-5-11-9(2)10(3)19-13(11)12/h4-7,9-10H,1-3H3,(H,16,17,18). The second-order valence-electron chi connectivity index (χ2n) is 5.08. The lowest BCUT2D eigenvalue weighted by atomic mass is 9.97. The first kappa shape index (κ1) is 13.1. The van der Waals surface area contributed by atoms with Gasteiger partial charge in [0, 0.05) is 16.9 Å². The maximum absolute atomic E-state index is 12.4. The zero-order valence-corrected chi connectivity index (χ0v) is 12.5. The number of ether oxygens (including phenoxy) is 1. The molecule has 1 aromatic heterocycles. The van der Waals surface area contributed by atoms with E-state index in [2.05, 4.69) is 17.2 Å². The van der Waals surface area contributed by atoms with E-state index in [-0.39, 0.29) is 12.0 Å². The highest BCUT2D eigenvalue weighted by Crippen LogP contribution is 2.40. The Hall–Kier alpha value is -1.88. The fourth-order valence-corrected chi connectivity index (χ4v) is 3.02. The molecular weight excluding hydrogens is 272 g/mol. The molecule has 1 amide bonds. The number of aromatic nitrogens is 1. The van der Waals surface area contributed by atoms with Crippen molar-refractivity contribution in [1.82, 2.24) is 4.98 Å². The minimum Gasteiger partial charge on any atom is -0.489 e. The summed E-state index contributed by atoms with van der Waals surface area (Å²) < 4.78 is 5.84. The Morgan fingerprint density at radius 3 is 2.90 bits per heavy atom. The normalized spacial score (nSPS) is 20.4. The van der Waals surface area contributed by atoms with Gasteiger partial charge in [-0.15, -0.1) is 11.3 Å². The molecule has 1 aliphatic heterocycles. The van der Waals surface area contributed by atoms with Crippen LogP contribution in [0, 0.1) is 6.92 Å². The number of carbonyl (C=O) groups excluding carboxylic acids is 1. The van der Waals surface area contributed by atoms with Crippen LogP contribution >= 0.6 is 11.3 Å². The van der Waals surface area contributed by atoms with Crippen molar-refractivity contribution in [2.24, 2.45) is 0 Å². The number of rotatable bonds is 2. The lowest BCUT2D eigenvalue weighted by Gasteiger charge is -2.09. The molecule has 3 rings (SSSR count). The number of hydrogen-bond acceptors (Lipinski definition) is 4. The van der Waals surface area contributed by atoms with Crippen LogP contribution in [-0.4, -0.2) is 17.0 Å². The summed E-state index contributed by atoms with van der Waals surface area (Å²) in [5.74, 6) is 0.843. The van der Waals surface area contributed by atoms with Gasteiger partial charge in [0.05, 0.1) is 11.3 Å². The average molecular weight is 288 g/mol. The third kappa shape index (κ3) is 2.18. The van der Waals surface area contributed by atoms with E-state index in [1.807, 2.05) is 31.4 Å². The number of fused-ring (bicyclic) bond motifs is 1. The maximum Gasteiger partial charge on any atom is 0.261 e. The Balaban J connectivity index is 1.90. The highest BCUT2D eigenvalue weighted by atomic mass is 32.1. The Kier molecular flexibility index (Phi) is 3.22. The number of nitrogens with zero attached hydrogens (tertiary/aromatic N) is 1. The van der Waals surface area contributed by atoms with Gasteiger partial charge in [-0.1, -0.05) is 19.1 Å². The summed E-state index contributed by atoms with van der Waals surface area (Å²) in [5.41, 5.74) is 2.58. The molecule has 0 spiro atoms. The zero-order chi connectivity index (χ0) is 14.3. The van der Waals surface area contributed by atoms with E-state index < -0.39 is 0 Å². The fourth-order valence-electron chi connectivity index (χ4n) is 2.34. The van der Waals surface area contributed by atoms with Crippen LogP contribution in [0.2, 0.25) is 0 Å². The van der Waals surface area contributed by atoms with Crippen LogP contribution in [0.1, 0.15) is 41.4 Å². The van der Waals surface area contributed by atoms with Crippen LogP contribution in [0.5, 0.6) is 5.75 Å². The summed E-state index contributed by atoms with van der Waals surface area (Å²) in [6.07, 6.45) is 0.0982. The molecule has 5 heteroatoms. The van der Waals surface area contributed by atoms with E-state index in [1.54, 1.807) is 6.07 Å². The van der Waals surface area contributed by atoms with Gasteiger partial charge in [0.1, 0.15) is 11.9 Å². The van der Waals surface area contributed by atoms with Crippen LogP contribution in [0.3, 0.4) is 0 Å². The van der Waals surface area contributed by atoms with Gasteiger partial charge in [-0.3, -0.25) is 10.1 Å². The SMILES string of the molecule is Cc1csc(NC(=O)c2cccc3c2OC(C)C3C)n1. The Morgan fingerprint density at radius 1 is 1.40 bits per heavy atom. The van der Waals surface area contributed by atoms with E-state index in [0.29, 0.717) is 22.4 Å². The van der Waals surface area contributed by atoms with Crippen molar-refractivity contribution in [2.45, 2.75) is 32.8 Å². The Labute approximate surface area is 121 Å². The number of para-hydroxylation sites is 1. The van der Waals surface area contributed by atoms with Crippen LogP contribution in [0.4, 0.5) is 5.13 Å². The van der Waals surface area contributed by atoms with Gasteiger partial charge in [0.25, 0.3) is 5.91 Å². The molecule has 1 N–H and O–H groups in total. The third-order valence-corrected chi connectivity index (χ3v) is 4.50. The summed E-state index contributed by atoms with van der Waals surface area (Å²) in [5, 5.41) is 5.35. The van der Waals surface area contributed by atoms with Crippen molar-refractivity contribution in [3.05, 3.63) is 40.4 Å². The molecule has 2 atom stereocenters. The number of carbonyl (C=O) groups is 1. The lowest BCUT2D eigenvalue weighted by molar-refractivity contribution is 0.102. The molecule has 0 saturated heterocycles. The van der Waals surface area contributed by atoms with Crippen LogP contribution in [0.25, 0.3) is 0 Å². The van der Waals surface area contributed by atoms with E-state index in [9.17, 15) is 4.79 Å². The second kappa shape index (κ2) is 4.90. The summed E-state index contributed by atoms with van der Waals surface area (Å²) >= 11 is 1.42. The molecule has 4 nitrogen and oxygen atoms in total. The van der Waals surface area contributed by atoms with Crippen molar-refractivity contribution >= 4 is 22.4 Å². The van der Waals surface area contributed by atoms with Crippen molar-refractivity contribution in [3.8, 4) is 5.75 Å². The Morgan fingerprint density at radius 2 is 2.20 bits per heavy atom. The first-order valence-electron chi connectivity index (χ1n) is 6.59. The van der Waals surface area contributed by atoms with Gasteiger partial charge in [0.2, 0.25) is 0 Å². The molecule has 20 heavy (non-hydrogen) atoms. The van der Waals surface area contributed by atoms with E-state index >= 15 is 0 Å². The summed E-state index contributed by atoms with van der Waals surface area (Å²) in [4.78, 5) is 16.6. The van der Waals surface area contributed by atoms with Gasteiger partial charge in [-0.05, 0) is 19.9 Å². The fraction of sp³-hybridized carbons (Fsp3) is 0.333. The van der Waals surface area contributed by atoms with E-state index in [4.69, 9.17) is 4.74 Å². The minimum absolute atomic E-state index is 0.0982. The van der Waals surface area contributed by atoms with Gasteiger partial charge in [-0.2, -0.15) is 0 Å². The molecule has 0 radical (unpaired) electrons. The molecule has 0 bridgehead atoms. The number of thiazole rings is 1. The highest BCUT2D eigenvalue weighted by molar-refractivity contribution is 7.13. The molecule has 1 aliphatic rings. The van der Waals surface area contributed by atoms with Crippen LogP contribution < -0.4 is 10.1 Å². The van der Waals surface area contributed by atoms with E-state index in [0.717, 1.165) is 11.3 Å². The molecule has 0 aliphatic carbocycles. The first-order valence-corrected chi connectivity index (χ1v) is 7.47. The van der Waals surface area contributed by atoms with Gasteiger partial charge >= 0.3 is 0 Å². The lowest BCUT2D eigenvalue weighted by Crippen LogP contribution is -2.14. The van der Waals surface area contributed by atoms with Crippen molar-refractivity contribution in [3.63, 3.8) is 0 Å². The predicted octanol–water partition coefficient (Wildman–Crippen LogP) is 3.59. The van der Waals surface area contributed by atoms with Gasteiger partial charge in [0.15, 0.2) is 5.13 Å². The first-order chi connectivity index (χ1) is 9.56. The average Bonchev–Trinajstić information content (AvgIpc) is 2.94. The molecule has 2 unspecified atom stereocenters. The Bertz CT molecular complexity index is 666. The molecule has 0 saturated carbocycles. The number of amides is 1.